The minimum absolute atomic E-state index is 0.0745. The van der Waals surface area contributed by atoms with Crippen molar-refractivity contribution >= 4 is 0 Å². The fraction of sp³-hybridized carbons (Fsp3) is 0.810. The van der Waals surface area contributed by atoms with E-state index in [-0.39, 0.29) is 6.10 Å². The van der Waals surface area contributed by atoms with E-state index >= 15 is 0 Å². The highest BCUT2D eigenvalue weighted by Crippen LogP contribution is 2.43. The number of aliphatic hydroxyl groups excluding tert-OH is 1. The fourth-order valence-corrected chi connectivity index (χ4v) is 5.28. The molecule has 0 radical (unpaired) electrons. The molecule has 124 valence electrons. The highest BCUT2D eigenvalue weighted by Gasteiger charge is 2.33. The van der Waals surface area contributed by atoms with Crippen LogP contribution in [0.25, 0.3) is 0 Å². The van der Waals surface area contributed by atoms with E-state index in [0.717, 1.165) is 24.2 Å². The fourth-order valence-electron chi connectivity index (χ4n) is 5.28. The lowest BCUT2D eigenvalue weighted by atomic mass is 9.68. The Labute approximate surface area is 136 Å². The molecule has 0 amide bonds. The molecule has 0 aromatic carbocycles. The van der Waals surface area contributed by atoms with Gasteiger partial charge in [-0.05, 0) is 87.9 Å². The number of rotatable bonds is 3. The van der Waals surface area contributed by atoms with Crippen molar-refractivity contribution in [1.29, 1.82) is 0 Å². The summed E-state index contributed by atoms with van der Waals surface area (Å²) < 4.78 is 0. The molecule has 3 aliphatic rings. The van der Waals surface area contributed by atoms with Crippen molar-refractivity contribution in [3.8, 4) is 0 Å². The van der Waals surface area contributed by atoms with Crippen LogP contribution < -0.4 is 0 Å². The third-order valence-electron chi connectivity index (χ3n) is 6.86. The van der Waals surface area contributed by atoms with Crippen LogP contribution in [-0.2, 0) is 0 Å². The SMILES string of the molecule is C=CC1CCC(C2CC=C(C3CCC(C)CC3O)CC2)CC1. The summed E-state index contributed by atoms with van der Waals surface area (Å²) >= 11 is 0. The standard InChI is InChI=1S/C21H34O/c1-3-16-5-7-17(8-6-16)18-9-11-19(12-10-18)20-13-4-15(2)14-21(20)22/h3,11,15-18,20-22H,1,4-10,12-14H2,2H3. The van der Waals surface area contributed by atoms with Crippen LogP contribution in [0.5, 0.6) is 0 Å². The first-order chi connectivity index (χ1) is 10.7. The molecule has 2 fully saturated rings. The molecule has 4 atom stereocenters. The van der Waals surface area contributed by atoms with Gasteiger partial charge in [-0.2, -0.15) is 0 Å². The molecule has 0 aromatic rings. The van der Waals surface area contributed by atoms with Crippen LogP contribution in [0.15, 0.2) is 24.3 Å². The predicted molar refractivity (Wildman–Crippen MR) is 93.6 cm³/mol. The van der Waals surface area contributed by atoms with Gasteiger partial charge in [-0.15, -0.1) is 6.58 Å². The molecule has 3 rings (SSSR count). The Balaban J connectivity index is 1.53. The first-order valence-corrected chi connectivity index (χ1v) is 9.67. The smallest absolute Gasteiger partial charge is 0.0608 e. The third-order valence-corrected chi connectivity index (χ3v) is 6.86. The Morgan fingerprint density at radius 2 is 1.82 bits per heavy atom. The Kier molecular flexibility index (Phi) is 5.44. The van der Waals surface area contributed by atoms with Crippen LogP contribution in [0.4, 0.5) is 0 Å². The molecule has 3 aliphatic carbocycles. The second-order valence-corrected chi connectivity index (χ2v) is 8.32. The predicted octanol–water partition coefficient (Wildman–Crippen LogP) is 5.50. The minimum Gasteiger partial charge on any atom is -0.392 e. The zero-order valence-electron chi connectivity index (χ0n) is 14.3. The normalized spacial score (nSPS) is 43.5. The summed E-state index contributed by atoms with van der Waals surface area (Å²) in [7, 11) is 0. The van der Waals surface area contributed by atoms with E-state index in [1.165, 1.54) is 57.8 Å². The van der Waals surface area contributed by atoms with Crippen molar-refractivity contribution in [3.63, 3.8) is 0 Å². The van der Waals surface area contributed by atoms with Gasteiger partial charge in [0.2, 0.25) is 0 Å². The molecular formula is C21H34O. The maximum absolute atomic E-state index is 10.4. The zero-order valence-corrected chi connectivity index (χ0v) is 14.3. The van der Waals surface area contributed by atoms with Crippen LogP contribution >= 0.6 is 0 Å². The second kappa shape index (κ2) is 7.34. The molecule has 0 aromatic heterocycles. The molecule has 4 unspecified atom stereocenters. The van der Waals surface area contributed by atoms with Crippen LogP contribution in [-0.4, -0.2) is 11.2 Å². The monoisotopic (exact) mass is 302 g/mol. The summed E-state index contributed by atoms with van der Waals surface area (Å²) in [6.07, 6.45) is 17.6. The Hall–Kier alpha value is -0.560. The third kappa shape index (κ3) is 3.67. The molecule has 1 heteroatoms. The van der Waals surface area contributed by atoms with Crippen LogP contribution in [0.1, 0.15) is 71.1 Å². The Bertz CT molecular complexity index is 402. The molecule has 0 spiro atoms. The van der Waals surface area contributed by atoms with Gasteiger partial charge in [0.25, 0.3) is 0 Å². The van der Waals surface area contributed by atoms with Gasteiger partial charge in [0.15, 0.2) is 0 Å². The molecule has 22 heavy (non-hydrogen) atoms. The molecule has 0 heterocycles. The molecule has 0 bridgehead atoms. The summed E-state index contributed by atoms with van der Waals surface area (Å²) in [5.41, 5.74) is 1.59. The summed E-state index contributed by atoms with van der Waals surface area (Å²) in [5, 5.41) is 10.4. The van der Waals surface area contributed by atoms with Gasteiger partial charge in [-0.25, -0.2) is 0 Å². The first kappa shape index (κ1) is 16.3. The van der Waals surface area contributed by atoms with E-state index in [0.29, 0.717) is 11.8 Å². The highest BCUT2D eigenvalue weighted by atomic mass is 16.3. The van der Waals surface area contributed by atoms with Gasteiger partial charge in [0, 0.05) is 5.92 Å². The maximum Gasteiger partial charge on any atom is 0.0608 e. The van der Waals surface area contributed by atoms with E-state index in [1.807, 2.05) is 0 Å². The molecule has 2 saturated carbocycles. The van der Waals surface area contributed by atoms with E-state index < -0.39 is 0 Å². The zero-order chi connectivity index (χ0) is 15.5. The van der Waals surface area contributed by atoms with Crippen molar-refractivity contribution in [2.45, 2.75) is 77.2 Å². The Morgan fingerprint density at radius 3 is 2.41 bits per heavy atom. The maximum atomic E-state index is 10.4. The van der Waals surface area contributed by atoms with E-state index in [9.17, 15) is 5.11 Å². The summed E-state index contributed by atoms with van der Waals surface area (Å²) in [4.78, 5) is 0. The number of aliphatic hydroxyl groups is 1. The molecule has 0 saturated heterocycles. The lowest BCUT2D eigenvalue weighted by Crippen LogP contribution is -2.31. The molecule has 1 N–H and O–H groups in total. The van der Waals surface area contributed by atoms with Crippen LogP contribution in [0, 0.1) is 29.6 Å². The van der Waals surface area contributed by atoms with E-state index in [1.54, 1.807) is 5.57 Å². The van der Waals surface area contributed by atoms with Crippen molar-refractivity contribution in [3.05, 3.63) is 24.3 Å². The van der Waals surface area contributed by atoms with Crippen LogP contribution in [0.2, 0.25) is 0 Å². The van der Waals surface area contributed by atoms with Gasteiger partial charge in [-0.3, -0.25) is 0 Å². The van der Waals surface area contributed by atoms with Gasteiger partial charge in [0.1, 0.15) is 0 Å². The molecular weight excluding hydrogens is 268 g/mol. The van der Waals surface area contributed by atoms with Gasteiger partial charge in [0.05, 0.1) is 6.10 Å². The van der Waals surface area contributed by atoms with Crippen molar-refractivity contribution in [1.82, 2.24) is 0 Å². The molecule has 1 nitrogen and oxygen atoms in total. The van der Waals surface area contributed by atoms with Gasteiger partial charge < -0.3 is 5.11 Å². The number of hydrogen-bond donors (Lipinski definition) is 1. The van der Waals surface area contributed by atoms with Gasteiger partial charge >= 0.3 is 0 Å². The number of hydrogen-bond acceptors (Lipinski definition) is 1. The summed E-state index contributed by atoms with van der Waals surface area (Å²) in [6, 6.07) is 0. The van der Waals surface area contributed by atoms with E-state index in [2.05, 4.69) is 25.7 Å². The second-order valence-electron chi connectivity index (χ2n) is 8.32. The van der Waals surface area contributed by atoms with E-state index in [4.69, 9.17) is 0 Å². The van der Waals surface area contributed by atoms with Crippen molar-refractivity contribution < 1.29 is 5.11 Å². The van der Waals surface area contributed by atoms with Crippen LogP contribution in [0.3, 0.4) is 0 Å². The molecule has 0 aliphatic heterocycles. The summed E-state index contributed by atoms with van der Waals surface area (Å²) in [6.45, 7) is 6.24. The largest absolute Gasteiger partial charge is 0.392 e. The van der Waals surface area contributed by atoms with Gasteiger partial charge in [-0.1, -0.05) is 24.6 Å². The Morgan fingerprint density at radius 1 is 1.05 bits per heavy atom. The van der Waals surface area contributed by atoms with Crippen molar-refractivity contribution in [2.75, 3.05) is 0 Å². The minimum atomic E-state index is -0.0745. The lowest BCUT2D eigenvalue weighted by molar-refractivity contribution is 0.0618. The average Bonchev–Trinajstić information content (AvgIpc) is 2.55. The topological polar surface area (TPSA) is 20.2 Å². The quantitative estimate of drug-likeness (QED) is 0.682. The average molecular weight is 303 g/mol. The summed E-state index contributed by atoms with van der Waals surface area (Å²) in [5.74, 6) is 3.83. The van der Waals surface area contributed by atoms with Crippen molar-refractivity contribution in [2.24, 2.45) is 29.6 Å². The highest BCUT2D eigenvalue weighted by molar-refractivity contribution is 5.14. The number of allylic oxidation sites excluding steroid dienone is 2. The first-order valence-electron chi connectivity index (χ1n) is 9.67. The lowest BCUT2D eigenvalue weighted by Gasteiger charge is -2.38.